The first kappa shape index (κ1) is 19.0. The molecule has 6 nitrogen and oxygen atoms in total. The molecule has 1 amide bonds. The van der Waals surface area contributed by atoms with Crippen LogP contribution in [0.4, 0.5) is 13.2 Å². The SMILES string of the molecule is CCOC1CC1C(=O)NC(CC(=O)O)c1ccc(OC(F)(F)F)cc1. The predicted octanol–water partition coefficient (Wildman–Crippen LogP) is 2.64. The van der Waals surface area contributed by atoms with Gasteiger partial charge in [0.2, 0.25) is 5.91 Å². The van der Waals surface area contributed by atoms with Crippen molar-refractivity contribution in [3.8, 4) is 5.75 Å². The van der Waals surface area contributed by atoms with E-state index in [-0.39, 0.29) is 17.9 Å². The van der Waals surface area contributed by atoms with Gasteiger partial charge >= 0.3 is 12.3 Å². The number of carboxylic acids is 1. The van der Waals surface area contributed by atoms with Gasteiger partial charge in [-0.05, 0) is 31.0 Å². The van der Waals surface area contributed by atoms with Crippen LogP contribution in [0.2, 0.25) is 0 Å². The van der Waals surface area contributed by atoms with Crippen LogP contribution in [0.15, 0.2) is 24.3 Å². The summed E-state index contributed by atoms with van der Waals surface area (Å²) >= 11 is 0. The molecule has 0 bridgehead atoms. The quantitative estimate of drug-likeness (QED) is 0.744. The molecule has 3 atom stereocenters. The maximum Gasteiger partial charge on any atom is 0.573 e. The Hall–Kier alpha value is -2.29. The molecule has 2 rings (SSSR count). The summed E-state index contributed by atoms with van der Waals surface area (Å²) in [6.07, 6.45) is -4.80. The third-order valence-electron chi connectivity index (χ3n) is 3.66. The topological polar surface area (TPSA) is 84.9 Å². The van der Waals surface area contributed by atoms with E-state index in [9.17, 15) is 22.8 Å². The van der Waals surface area contributed by atoms with E-state index in [1.165, 1.54) is 12.1 Å². The first-order valence-electron chi connectivity index (χ1n) is 7.69. The zero-order chi connectivity index (χ0) is 18.6. The lowest BCUT2D eigenvalue weighted by Crippen LogP contribution is -2.32. The van der Waals surface area contributed by atoms with Crippen LogP contribution in [0.5, 0.6) is 5.75 Å². The Balaban J connectivity index is 2.04. The Morgan fingerprint density at radius 2 is 1.96 bits per heavy atom. The van der Waals surface area contributed by atoms with Gasteiger partial charge in [-0.1, -0.05) is 12.1 Å². The van der Waals surface area contributed by atoms with Crippen LogP contribution in [-0.2, 0) is 14.3 Å². The summed E-state index contributed by atoms with van der Waals surface area (Å²) in [6, 6.07) is 3.88. The molecule has 1 aromatic carbocycles. The number of rotatable bonds is 8. The smallest absolute Gasteiger partial charge is 0.481 e. The van der Waals surface area contributed by atoms with Crippen LogP contribution in [0.3, 0.4) is 0 Å². The van der Waals surface area contributed by atoms with Gasteiger partial charge in [0, 0.05) is 6.61 Å². The van der Waals surface area contributed by atoms with E-state index in [4.69, 9.17) is 9.84 Å². The molecule has 1 aliphatic carbocycles. The number of hydrogen-bond donors (Lipinski definition) is 2. The van der Waals surface area contributed by atoms with E-state index in [1.807, 2.05) is 6.92 Å². The van der Waals surface area contributed by atoms with Crippen LogP contribution < -0.4 is 10.1 Å². The summed E-state index contributed by atoms with van der Waals surface area (Å²) in [5.41, 5.74) is 0.374. The molecule has 2 N–H and O–H groups in total. The molecule has 138 valence electrons. The van der Waals surface area contributed by atoms with Gasteiger partial charge in [-0.3, -0.25) is 9.59 Å². The minimum atomic E-state index is -4.81. The van der Waals surface area contributed by atoms with E-state index in [2.05, 4.69) is 10.1 Å². The molecule has 1 aliphatic rings. The number of ether oxygens (including phenoxy) is 2. The molecule has 0 aromatic heterocycles. The van der Waals surface area contributed by atoms with E-state index >= 15 is 0 Å². The largest absolute Gasteiger partial charge is 0.573 e. The summed E-state index contributed by atoms with van der Waals surface area (Å²) in [7, 11) is 0. The Bertz CT molecular complexity index is 617. The number of amides is 1. The molecule has 0 heterocycles. The van der Waals surface area contributed by atoms with Gasteiger partial charge < -0.3 is 19.9 Å². The normalized spacial score (nSPS) is 20.6. The summed E-state index contributed by atoms with van der Waals surface area (Å²) in [4.78, 5) is 23.2. The molecule has 0 radical (unpaired) electrons. The van der Waals surface area contributed by atoms with E-state index in [0.29, 0.717) is 18.6 Å². The van der Waals surface area contributed by atoms with Crippen molar-refractivity contribution in [2.24, 2.45) is 5.92 Å². The number of carbonyl (C=O) groups excluding carboxylic acids is 1. The van der Waals surface area contributed by atoms with Gasteiger partial charge in [0.25, 0.3) is 0 Å². The molecule has 25 heavy (non-hydrogen) atoms. The molecule has 0 spiro atoms. The van der Waals surface area contributed by atoms with Crippen molar-refractivity contribution >= 4 is 11.9 Å². The Morgan fingerprint density at radius 1 is 1.32 bits per heavy atom. The molecule has 1 saturated carbocycles. The zero-order valence-corrected chi connectivity index (χ0v) is 13.4. The maximum absolute atomic E-state index is 12.2. The molecule has 9 heteroatoms. The molecule has 1 aromatic rings. The average molecular weight is 361 g/mol. The van der Waals surface area contributed by atoms with Gasteiger partial charge in [-0.2, -0.15) is 0 Å². The number of halogens is 3. The van der Waals surface area contributed by atoms with Gasteiger partial charge in [0.1, 0.15) is 5.75 Å². The molecule has 0 aliphatic heterocycles. The first-order valence-corrected chi connectivity index (χ1v) is 7.69. The molecule has 1 fully saturated rings. The molecule has 3 unspecified atom stereocenters. The highest BCUT2D eigenvalue weighted by atomic mass is 19.4. The van der Waals surface area contributed by atoms with Crippen molar-refractivity contribution in [3.63, 3.8) is 0 Å². The number of carboxylic acid groups (broad SMARTS) is 1. The summed E-state index contributed by atoms with van der Waals surface area (Å²) in [5, 5.41) is 11.6. The fourth-order valence-corrected chi connectivity index (χ4v) is 2.45. The monoisotopic (exact) mass is 361 g/mol. The van der Waals surface area contributed by atoms with E-state index in [0.717, 1.165) is 12.1 Å². The van der Waals surface area contributed by atoms with Gasteiger partial charge in [0.05, 0.1) is 24.5 Å². The second kappa shape index (κ2) is 7.73. The third-order valence-corrected chi connectivity index (χ3v) is 3.66. The Morgan fingerprint density at radius 3 is 2.48 bits per heavy atom. The van der Waals surface area contributed by atoms with Gasteiger partial charge in [-0.15, -0.1) is 13.2 Å². The predicted molar refractivity (Wildman–Crippen MR) is 79.8 cm³/mol. The average Bonchev–Trinajstić information content (AvgIpc) is 3.25. The summed E-state index contributed by atoms with van der Waals surface area (Å²) < 4.78 is 45.6. The minimum Gasteiger partial charge on any atom is -0.481 e. The second-order valence-corrected chi connectivity index (χ2v) is 5.61. The molecular formula is C16H18F3NO5. The van der Waals surface area contributed by atoms with Crippen LogP contribution in [0.25, 0.3) is 0 Å². The minimum absolute atomic E-state index is 0.168. The number of nitrogens with one attached hydrogen (secondary N) is 1. The Kier molecular flexibility index (Phi) is 5.89. The first-order chi connectivity index (χ1) is 11.7. The highest BCUT2D eigenvalue weighted by Gasteiger charge is 2.44. The second-order valence-electron chi connectivity index (χ2n) is 5.61. The van der Waals surface area contributed by atoms with E-state index in [1.54, 1.807) is 0 Å². The molecular weight excluding hydrogens is 343 g/mol. The van der Waals surface area contributed by atoms with Crippen molar-refractivity contribution in [1.82, 2.24) is 5.32 Å². The molecule has 0 saturated heterocycles. The van der Waals surface area contributed by atoms with Crippen molar-refractivity contribution < 1.29 is 37.3 Å². The van der Waals surface area contributed by atoms with Crippen molar-refractivity contribution in [2.45, 2.75) is 38.3 Å². The van der Waals surface area contributed by atoms with Crippen LogP contribution >= 0.6 is 0 Å². The highest BCUT2D eigenvalue weighted by molar-refractivity contribution is 5.83. The summed E-state index contributed by atoms with van der Waals surface area (Å²) in [5.74, 6) is -2.22. The lowest BCUT2D eigenvalue weighted by atomic mass is 10.0. The number of benzene rings is 1. The summed E-state index contributed by atoms with van der Waals surface area (Å²) in [6.45, 7) is 2.29. The van der Waals surface area contributed by atoms with Crippen LogP contribution in [0.1, 0.15) is 31.4 Å². The Labute approximate surface area is 141 Å². The van der Waals surface area contributed by atoms with E-state index < -0.39 is 30.5 Å². The van der Waals surface area contributed by atoms with Crippen molar-refractivity contribution in [1.29, 1.82) is 0 Å². The van der Waals surface area contributed by atoms with Crippen LogP contribution in [-0.4, -0.2) is 36.1 Å². The van der Waals surface area contributed by atoms with Crippen LogP contribution in [0, 0.1) is 5.92 Å². The lowest BCUT2D eigenvalue weighted by Gasteiger charge is -2.18. The van der Waals surface area contributed by atoms with Gasteiger partial charge in [0.15, 0.2) is 0 Å². The number of hydrogen-bond acceptors (Lipinski definition) is 4. The zero-order valence-electron chi connectivity index (χ0n) is 13.4. The van der Waals surface area contributed by atoms with Gasteiger partial charge in [-0.25, -0.2) is 0 Å². The number of alkyl halides is 3. The van der Waals surface area contributed by atoms with Crippen molar-refractivity contribution in [2.75, 3.05) is 6.61 Å². The lowest BCUT2D eigenvalue weighted by molar-refractivity contribution is -0.274. The number of aliphatic carboxylic acids is 1. The standard InChI is InChI=1S/C16H18F3NO5/c1-2-24-13-7-11(13)15(23)20-12(8-14(21)22)9-3-5-10(6-4-9)25-16(17,18)19/h3-6,11-13H,2,7-8H2,1H3,(H,20,23)(H,21,22). The third kappa shape index (κ3) is 5.93. The highest BCUT2D eigenvalue weighted by Crippen LogP contribution is 2.35. The fraction of sp³-hybridized carbons (Fsp3) is 0.500. The van der Waals surface area contributed by atoms with Crippen molar-refractivity contribution in [3.05, 3.63) is 29.8 Å². The number of carbonyl (C=O) groups is 2. The maximum atomic E-state index is 12.2. The fourth-order valence-electron chi connectivity index (χ4n) is 2.45.